The number of pyridine rings is 1. The van der Waals surface area contributed by atoms with Crippen LogP contribution in [-0.4, -0.2) is 107 Å². The molecule has 1 aromatic heterocycles. The second-order valence-corrected chi connectivity index (χ2v) is 6.40. The molecule has 1 heterocycles. The first-order chi connectivity index (χ1) is 14.4. The van der Waals surface area contributed by atoms with Gasteiger partial charge in [0.15, 0.2) is 5.69 Å². The monoisotopic (exact) mass is 406 g/mol. The Hall–Kier alpha value is -1.95. The molecule has 0 bridgehead atoms. The summed E-state index contributed by atoms with van der Waals surface area (Å²) in [7, 11) is 56.7. The van der Waals surface area contributed by atoms with Crippen molar-refractivity contribution >= 4 is 135 Å². The highest BCUT2D eigenvalue weighted by atomic mass is 35.5. The van der Waals surface area contributed by atoms with Gasteiger partial charge in [-0.3, -0.25) is 14.6 Å². The lowest BCUT2D eigenvalue weighted by Gasteiger charge is -2.27. The Balaban J connectivity index is 2.77. The molecular formula is C14HB10ClN2O4. The third kappa shape index (κ3) is 4.36. The SMILES string of the molecule is [B]OC(=O)C([B])N([B])C(=O)c1nc([B])c(-c2c([B])c([B])c([B])c(Cl)c2[B])c([B])c1O[B]. The molecule has 20 radical (unpaired) electrons. The normalized spacial score (nSPS) is 11.5. The summed E-state index contributed by atoms with van der Waals surface area (Å²) < 4.78 is 8.63. The molecule has 0 aliphatic rings. The van der Waals surface area contributed by atoms with Gasteiger partial charge >= 0.3 is 16.1 Å². The quantitative estimate of drug-likeness (QED) is 0.464. The zero-order valence-corrected chi connectivity index (χ0v) is 16.5. The van der Waals surface area contributed by atoms with Crippen molar-refractivity contribution in [1.29, 1.82) is 0 Å². The standard InChI is InChI=1S/C14HB10ClN2O4/c15-3-1(4(16)8(25)7(19)6(3)18)2-5(17)10(30-23)9(26-11(2)20)13(28)27(22)12(21)14(29)31-24/h12H. The number of benzene rings is 1. The first-order valence-corrected chi connectivity index (χ1v) is 8.40. The fourth-order valence-electron chi connectivity index (χ4n) is 2.63. The van der Waals surface area contributed by atoms with Gasteiger partial charge in [0.05, 0.1) is 5.94 Å². The molecule has 0 aliphatic heterocycles. The van der Waals surface area contributed by atoms with E-state index in [4.69, 9.17) is 95.3 Å². The smallest absolute Gasteiger partial charge is 0.378 e. The molecule has 0 fully saturated rings. The number of halogens is 1. The number of carbonyl (C=O) groups excluding carboxylic acids is 2. The van der Waals surface area contributed by atoms with E-state index < -0.39 is 29.3 Å². The molecule has 0 N–H and O–H groups in total. The van der Waals surface area contributed by atoms with Gasteiger partial charge in [-0.1, -0.05) is 28.0 Å². The summed E-state index contributed by atoms with van der Waals surface area (Å²) in [5, 5.41) is -0.115. The predicted octanol–water partition coefficient (Wildman–Crippen LogP) is -6.73. The maximum Gasteiger partial charge on any atom is 0.378 e. The second-order valence-electron chi connectivity index (χ2n) is 6.02. The van der Waals surface area contributed by atoms with Crippen LogP contribution in [0.15, 0.2) is 0 Å². The van der Waals surface area contributed by atoms with Crippen molar-refractivity contribution in [2.24, 2.45) is 0 Å². The highest BCUT2D eigenvalue weighted by Gasteiger charge is 2.28. The van der Waals surface area contributed by atoms with E-state index in [0.717, 1.165) is 0 Å². The van der Waals surface area contributed by atoms with E-state index in [-0.39, 0.29) is 53.9 Å². The highest BCUT2D eigenvalue weighted by molar-refractivity contribution is 6.66. The van der Waals surface area contributed by atoms with E-state index in [0.29, 0.717) is 0 Å². The summed E-state index contributed by atoms with van der Waals surface area (Å²) in [4.78, 5) is 28.3. The molecule has 1 unspecified atom stereocenters. The summed E-state index contributed by atoms with van der Waals surface area (Å²) in [5.74, 6) is -4.69. The lowest BCUT2D eigenvalue weighted by atomic mass is 9.63. The van der Waals surface area contributed by atoms with Crippen LogP contribution in [0.5, 0.6) is 5.75 Å². The average Bonchev–Trinajstić information content (AvgIpc) is 2.75. The number of amides is 1. The molecule has 0 saturated heterocycles. The van der Waals surface area contributed by atoms with Crippen LogP contribution in [0.25, 0.3) is 11.1 Å². The molecule has 1 amide bonds. The molecule has 17 heteroatoms. The van der Waals surface area contributed by atoms with E-state index in [1.807, 2.05) is 0 Å². The number of nitrogens with zero attached hydrogens (tertiary/aromatic N) is 2. The van der Waals surface area contributed by atoms with Crippen LogP contribution in [0.1, 0.15) is 10.5 Å². The van der Waals surface area contributed by atoms with Gasteiger partial charge in [0, 0.05) is 5.02 Å². The molecule has 0 aliphatic carbocycles. The van der Waals surface area contributed by atoms with E-state index in [1.165, 1.54) is 0 Å². The first kappa shape index (κ1) is 25.3. The fraction of sp³-hybridized carbons (Fsp3) is 0.0714. The van der Waals surface area contributed by atoms with Gasteiger partial charge in [0.1, 0.15) is 60.7 Å². The van der Waals surface area contributed by atoms with Crippen LogP contribution >= 0.6 is 11.6 Å². The molecule has 6 nitrogen and oxygen atoms in total. The molecule has 2 rings (SSSR count). The van der Waals surface area contributed by atoms with E-state index in [9.17, 15) is 9.59 Å². The van der Waals surface area contributed by atoms with Gasteiger partial charge in [0.2, 0.25) is 7.98 Å². The number of hydrogen-bond donors (Lipinski definition) is 0. The minimum atomic E-state index is -1.80. The minimum Gasteiger partial charge on any atom is -0.567 e. The molecule has 2 aromatic rings. The zero-order chi connectivity index (χ0) is 23.8. The van der Waals surface area contributed by atoms with Crippen molar-refractivity contribution in [2.45, 2.75) is 5.94 Å². The summed E-state index contributed by atoms with van der Waals surface area (Å²) in [5.41, 5.74) is -1.83. The van der Waals surface area contributed by atoms with E-state index in [1.54, 1.807) is 0 Å². The van der Waals surface area contributed by atoms with Crippen LogP contribution in [0.4, 0.5) is 0 Å². The maximum absolute atomic E-state index is 12.7. The molecule has 1 atom stereocenters. The Kier molecular flexibility index (Phi) is 7.90. The Labute approximate surface area is 197 Å². The van der Waals surface area contributed by atoms with Crippen LogP contribution in [-0.2, 0) is 9.45 Å². The third-order valence-electron chi connectivity index (χ3n) is 4.27. The number of carbonyl (C=O) groups is 2. The Morgan fingerprint density at radius 1 is 0.903 bits per heavy atom. The number of hydrogen-bond acceptors (Lipinski definition) is 5. The van der Waals surface area contributed by atoms with Crippen LogP contribution in [0.2, 0.25) is 5.02 Å². The number of rotatable bonds is 5. The van der Waals surface area contributed by atoms with Crippen molar-refractivity contribution in [3.63, 3.8) is 0 Å². The van der Waals surface area contributed by atoms with Gasteiger partial charge in [-0.05, 0) is 22.2 Å². The van der Waals surface area contributed by atoms with Crippen molar-refractivity contribution in [3.8, 4) is 16.9 Å². The van der Waals surface area contributed by atoms with Crippen molar-refractivity contribution in [3.05, 3.63) is 10.7 Å². The van der Waals surface area contributed by atoms with E-state index in [2.05, 4.69) is 9.64 Å². The fourth-order valence-corrected chi connectivity index (χ4v) is 2.83. The Morgan fingerprint density at radius 2 is 1.48 bits per heavy atom. The van der Waals surface area contributed by atoms with Crippen LogP contribution < -0.4 is 37.6 Å². The molecule has 1 aromatic carbocycles. The predicted molar refractivity (Wildman–Crippen MR) is 127 cm³/mol. The zero-order valence-electron chi connectivity index (χ0n) is 15.8. The van der Waals surface area contributed by atoms with Gasteiger partial charge < -0.3 is 14.1 Å². The van der Waals surface area contributed by atoms with Crippen molar-refractivity contribution < 1.29 is 18.9 Å². The largest absolute Gasteiger partial charge is 0.567 e. The summed E-state index contributed by atoms with van der Waals surface area (Å²) in [6, 6.07) is 0. The van der Waals surface area contributed by atoms with Crippen molar-refractivity contribution in [2.75, 3.05) is 0 Å². The topological polar surface area (TPSA) is 68.7 Å². The first-order valence-electron chi connectivity index (χ1n) is 8.02. The minimum absolute atomic E-state index is 0.0236. The molecule has 128 valence electrons. The van der Waals surface area contributed by atoms with Crippen LogP contribution in [0, 0.1) is 0 Å². The molecular weight excluding hydrogens is 404 g/mol. The third-order valence-corrected chi connectivity index (χ3v) is 4.68. The van der Waals surface area contributed by atoms with Gasteiger partial charge in [-0.15, -0.1) is 5.46 Å². The Morgan fingerprint density at radius 3 is 2.00 bits per heavy atom. The number of aromatic nitrogens is 1. The molecule has 0 spiro atoms. The maximum atomic E-state index is 12.7. The van der Waals surface area contributed by atoms with Gasteiger partial charge in [0.25, 0.3) is 11.9 Å². The lowest BCUT2D eigenvalue weighted by Crippen LogP contribution is -2.48. The summed E-state index contributed by atoms with van der Waals surface area (Å²) >= 11 is 6.10. The van der Waals surface area contributed by atoms with E-state index >= 15 is 0 Å². The molecule has 0 saturated carbocycles. The second kappa shape index (κ2) is 9.68. The van der Waals surface area contributed by atoms with Gasteiger partial charge in [-0.2, -0.15) is 0 Å². The Bertz CT molecular complexity index is 1060. The molecule has 31 heavy (non-hydrogen) atoms. The summed E-state index contributed by atoms with van der Waals surface area (Å²) in [6.45, 7) is 0. The average molecular weight is 405 g/mol. The summed E-state index contributed by atoms with van der Waals surface area (Å²) in [6.07, 6.45) is 0. The van der Waals surface area contributed by atoms with Gasteiger partial charge in [-0.25, -0.2) is 0 Å². The lowest BCUT2D eigenvalue weighted by molar-refractivity contribution is -0.135. The van der Waals surface area contributed by atoms with Crippen molar-refractivity contribution in [1.82, 2.24) is 9.79 Å². The highest BCUT2D eigenvalue weighted by Crippen LogP contribution is 2.21. The van der Waals surface area contributed by atoms with Crippen LogP contribution in [0.3, 0.4) is 0 Å².